The minimum absolute atomic E-state index is 0.572. The maximum atomic E-state index is 11.7. The van der Waals surface area contributed by atoms with E-state index in [1.165, 1.54) is 6.21 Å². The van der Waals surface area contributed by atoms with Gasteiger partial charge in [-0.2, -0.15) is 5.10 Å². The molecule has 2 aromatic rings. The second-order valence-corrected chi connectivity index (χ2v) is 4.88. The molecule has 0 bridgehead atoms. The van der Waals surface area contributed by atoms with Crippen LogP contribution in [0.3, 0.4) is 0 Å². The third kappa shape index (κ3) is 4.28. The standard InChI is InChI=1S/C17H17N3O2/c1-12-6-5-9-15(10-12)19-16(21)17(22)20-18-11-14-8-4-3-7-13(14)2/h3-11H,1-2H3,(H,19,21)(H,20,22)/b18-11-. The summed E-state index contributed by atoms with van der Waals surface area (Å²) in [5.41, 5.74) is 5.69. The molecule has 112 valence electrons. The molecule has 5 nitrogen and oxygen atoms in total. The van der Waals surface area contributed by atoms with E-state index >= 15 is 0 Å². The topological polar surface area (TPSA) is 70.6 Å². The highest BCUT2D eigenvalue weighted by Crippen LogP contribution is 2.09. The Balaban J connectivity index is 1.92. The zero-order valence-electron chi connectivity index (χ0n) is 12.5. The van der Waals surface area contributed by atoms with Crippen molar-refractivity contribution in [3.8, 4) is 0 Å². The van der Waals surface area contributed by atoms with Crippen LogP contribution in [-0.2, 0) is 9.59 Å². The Bertz CT molecular complexity index is 723. The molecule has 22 heavy (non-hydrogen) atoms. The molecular formula is C17H17N3O2. The summed E-state index contributed by atoms with van der Waals surface area (Å²) >= 11 is 0. The van der Waals surface area contributed by atoms with Gasteiger partial charge < -0.3 is 5.32 Å². The minimum Gasteiger partial charge on any atom is -0.318 e. The molecule has 0 aliphatic rings. The fourth-order valence-electron chi connectivity index (χ4n) is 1.85. The number of hydrogen-bond acceptors (Lipinski definition) is 3. The molecule has 0 saturated carbocycles. The molecule has 0 saturated heterocycles. The van der Waals surface area contributed by atoms with E-state index in [0.717, 1.165) is 16.7 Å². The van der Waals surface area contributed by atoms with Crippen molar-refractivity contribution in [2.45, 2.75) is 13.8 Å². The average Bonchev–Trinajstić information content (AvgIpc) is 2.49. The number of amides is 2. The fourth-order valence-corrected chi connectivity index (χ4v) is 1.85. The summed E-state index contributed by atoms with van der Waals surface area (Å²) in [6.07, 6.45) is 1.51. The third-order valence-electron chi connectivity index (χ3n) is 3.04. The first-order chi connectivity index (χ1) is 10.6. The molecule has 0 aliphatic carbocycles. The molecule has 0 aliphatic heterocycles. The van der Waals surface area contributed by atoms with E-state index in [1.54, 1.807) is 18.2 Å². The number of nitrogens with zero attached hydrogens (tertiary/aromatic N) is 1. The number of carbonyl (C=O) groups is 2. The van der Waals surface area contributed by atoms with Crippen molar-refractivity contribution in [2.75, 3.05) is 5.32 Å². The Hall–Kier alpha value is -2.95. The Labute approximate surface area is 129 Å². The molecule has 0 unspecified atom stereocenters. The van der Waals surface area contributed by atoms with Gasteiger partial charge in [0.15, 0.2) is 0 Å². The van der Waals surface area contributed by atoms with Gasteiger partial charge in [0.05, 0.1) is 6.21 Å². The van der Waals surface area contributed by atoms with Crippen LogP contribution in [-0.4, -0.2) is 18.0 Å². The van der Waals surface area contributed by atoms with Crippen molar-refractivity contribution >= 4 is 23.7 Å². The number of hydrazone groups is 1. The Morgan fingerprint density at radius 2 is 1.77 bits per heavy atom. The summed E-state index contributed by atoms with van der Waals surface area (Å²) in [6, 6.07) is 14.8. The Kier molecular flexibility index (Phi) is 5.03. The van der Waals surface area contributed by atoms with Crippen molar-refractivity contribution in [2.24, 2.45) is 5.10 Å². The predicted octanol–water partition coefficient (Wildman–Crippen LogP) is 2.39. The van der Waals surface area contributed by atoms with Gasteiger partial charge in [0, 0.05) is 5.69 Å². The highest BCUT2D eigenvalue weighted by Gasteiger charge is 2.12. The van der Waals surface area contributed by atoms with Gasteiger partial charge in [0.25, 0.3) is 0 Å². The molecule has 0 radical (unpaired) electrons. The fraction of sp³-hybridized carbons (Fsp3) is 0.118. The van der Waals surface area contributed by atoms with E-state index in [1.807, 2.05) is 44.2 Å². The van der Waals surface area contributed by atoms with Gasteiger partial charge in [0.2, 0.25) is 0 Å². The van der Waals surface area contributed by atoms with E-state index in [2.05, 4.69) is 15.8 Å². The quantitative estimate of drug-likeness (QED) is 0.518. The van der Waals surface area contributed by atoms with E-state index in [9.17, 15) is 9.59 Å². The second kappa shape index (κ2) is 7.17. The molecule has 2 amide bonds. The largest absolute Gasteiger partial charge is 0.329 e. The van der Waals surface area contributed by atoms with Crippen molar-refractivity contribution in [1.82, 2.24) is 5.43 Å². The van der Waals surface area contributed by atoms with E-state index < -0.39 is 11.8 Å². The summed E-state index contributed by atoms with van der Waals surface area (Å²) in [5, 5.41) is 6.31. The lowest BCUT2D eigenvalue weighted by Gasteiger charge is -2.04. The van der Waals surface area contributed by atoms with Gasteiger partial charge in [-0.1, -0.05) is 36.4 Å². The van der Waals surface area contributed by atoms with Crippen molar-refractivity contribution in [3.05, 3.63) is 65.2 Å². The number of aryl methyl sites for hydroxylation is 2. The van der Waals surface area contributed by atoms with Crippen LogP contribution in [0, 0.1) is 13.8 Å². The van der Waals surface area contributed by atoms with Crippen LogP contribution < -0.4 is 10.7 Å². The zero-order valence-corrected chi connectivity index (χ0v) is 12.5. The monoisotopic (exact) mass is 295 g/mol. The van der Waals surface area contributed by atoms with Crippen molar-refractivity contribution in [3.63, 3.8) is 0 Å². The molecule has 0 aromatic heterocycles. The first-order valence-corrected chi connectivity index (χ1v) is 6.83. The van der Waals surface area contributed by atoms with Crippen molar-refractivity contribution < 1.29 is 9.59 Å². The number of carbonyl (C=O) groups excluding carboxylic acids is 2. The lowest BCUT2D eigenvalue weighted by Crippen LogP contribution is -2.32. The lowest BCUT2D eigenvalue weighted by atomic mass is 10.1. The van der Waals surface area contributed by atoms with Gasteiger partial charge in [-0.15, -0.1) is 0 Å². The van der Waals surface area contributed by atoms with Crippen LogP contribution in [0.4, 0.5) is 5.69 Å². The van der Waals surface area contributed by atoms with E-state index in [0.29, 0.717) is 5.69 Å². The number of nitrogens with one attached hydrogen (secondary N) is 2. The van der Waals surface area contributed by atoms with Gasteiger partial charge >= 0.3 is 11.8 Å². The summed E-state index contributed by atoms with van der Waals surface area (Å²) in [4.78, 5) is 23.4. The first-order valence-electron chi connectivity index (χ1n) is 6.83. The average molecular weight is 295 g/mol. The van der Waals surface area contributed by atoms with Crippen LogP contribution >= 0.6 is 0 Å². The van der Waals surface area contributed by atoms with Gasteiger partial charge in [-0.3, -0.25) is 9.59 Å². The van der Waals surface area contributed by atoms with Crippen LogP contribution in [0.5, 0.6) is 0 Å². The van der Waals surface area contributed by atoms with Gasteiger partial charge in [-0.05, 0) is 42.7 Å². The SMILES string of the molecule is Cc1cccc(NC(=O)C(=O)N/N=C\c2ccccc2C)c1. The van der Waals surface area contributed by atoms with E-state index in [4.69, 9.17) is 0 Å². The molecule has 2 N–H and O–H groups in total. The Morgan fingerprint density at radius 1 is 1.00 bits per heavy atom. The molecule has 2 rings (SSSR count). The number of rotatable bonds is 3. The summed E-state index contributed by atoms with van der Waals surface area (Å²) < 4.78 is 0. The number of anilines is 1. The maximum absolute atomic E-state index is 11.7. The summed E-state index contributed by atoms with van der Waals surface area (Å²) in [6.45, 7) is 3.84. The highest BCUT2D eigenvalue weighted by atomic mass is 16.2. The zero-order chi connectivity index (χ0) is 15.9. The lowest BCUT2D eigenvalue weighted by molar-refractivity contribution is -0.136. The smallest absolute Gasteiger partial charge is 0.318 e. The molecule has 0 atom stereocenters. The maximum Gasteiger partial charge on any atom is 0.329 e. The molecular weight excluding hydrogens is 278 g/mol. The number of benzene rings is 2. The summed E-state index contributed by atoms with van der Waals surface area (Å²) in [7, 11) is 0. The highest BCUT2D eigenvalue weighted by molar-refractivity contribution is 6.39. The number of hydrogen-bond donors (Lipinski definition) is 2. The van der Waals surface area contributed by atoms with Crippen molar-refractivity contribution in [1.29, 1.82) is 0 Å². The summed E-state index contributed by atoms with van der Waals surface area (Å²) in [5.74, 6) is -1.57. The normalized spacial score (nSPS) is 10.5. The molecule has 2 aromatic carbocycles. The van der Waals surface area contributed by atoms with Crippen LogP contribution in [0.25, 0.3) is 0 Å². The third-order valence-corrected chi connectivity index (χ3v) is 3.04. The van der Waals surface area contributed by atoms with Crippen LogP contribution in [0.15, 0.2) is 53.6 Å². The van der Waals surface area contributed by atoms with Gasteiger partial charge in [0.1, 0.15) is 0 Å². The van der Waals surface area contributed by atoms with Gasteiger partial charge in [-0.25, -0.2) is 5.43 Å². The molecule has 0 fully saturated rings. The molecule has 5 heteroatoms. The van der Waals surface area contributed by atoms with E-state index in [-0.39, 0.29) is 0 Å². The molecule has 0 heterocycles. The van der Waals surface area contributed by atoms with Crippen LogP contribution in [0.1, 0.15) is 16.7 Å². The minimum atomic E-state index is -0.814. The molecule has 0 spiro atoms. The van der Waals surface area contributed by atoms with Crippen LogP contribution in [0.2, 0.25) is 0 Å². The predicted molar refractivity (Wildman–Crippen MR) is 86.7 cm³/mol. The first kappa shape index (κ1) is 15.4. The second-order valence-electron chi connectivity index (χ2n) is 4.88. The Morgan fingerprint density at radius 3 is 2.50 bits per heavy atom.